The maximum Gasteiger partial charge on any atom is 0.276 e. The van der Waals surface area contributed by atoms with Crippen LogP contribution in [0.1, 0.15) is 41.9 Å². The Bertz CT molecular complexity index is 896. The predicted octanol–water partition coefficient (Wildman–Crippen LogP) is 1.02. The van der Waals surface area contributed by atoms with E-state index in [-0.39, 0.29) is 23.7 Å². The summed E-state index contributed by atoms with van der Waals surface area (Å²) >= 11 is 0. The van der Waals surface area contributed by atoms with Gasteiger partial charge < -0.3 is 21.3 Å². The van der Waals surface area contributed by atoms with Crippen molar-refractivity contribution >= 4 is 23.2 Å². The lowest BCUT2D eigenvalue weighted by Crippen LogP contribution is -2.45. The van der Waals surface area contributed by atoms with Crippen molar-refractivity contribution in [3.05, 3.63) is 29.8 Å². The highest BCUT2D eigenvalue weighted by Crippen LogP contribution is 2.27. The zero-order chi connectivity index (χ0) is 19.5. The minimum Gasteiger partial charge on any atom is -0.380 e. The van der Waals surface area contributed by atoms with Crippen LogP contribution in [-0.4, -0.2) is 56.1 Å². The van der Waals surface area contributed by atoms with Crippen LogP contribution in [0.3, 0.4) is 0 Å². The molecule has 28 heavy (non-hydrogen) atoms. The van der Waals surface area contributed by atoms with E-state index in [9.17, 15) is 4.79 Å². The molecule has 10 nitrogen and oxygen atoms in total. The van der Waals surface area contributed by atoms with Gasteiger partial charge in [-0.05, 0) is 25.7 Å². The van der Waals surface area contributed by atoms with Crippen LogP contribution in [0.15, 0.2) is 18.5 Å². The molecule has 144 valence electrons. The Morgan fingerprint density at radius 2 is 1.96 bits per heavy atom. The molecule has 0 bridgehead atoms. The Hall–Kier alpha value is -3.32. The number of rotatable bonds is 5. The van der Waals surface area contributed by atoms with Gasteiger partial charge >= 0.3 is 0 Å². The maximum atomic E-state index is 12.8. The fraction of sp³-hybridized carbons (Fsp3) is 0.444. The van der Waals surface area contributed by atoms with Crippen LogP contribution in [0.5, 0.6) is 0 Å². The highest BCUT2D eigenvalue weighted by molar-refractivity contribution is 5.98. The third-order valence-corrected chi connectivity index (χ3v) is 4.95. The third kappa shape index (κ3) is 3.84. The monoisotopic (exact) mass is 379 g/mol. The number of hydrogen-bond donors (Lipinski definition) is 3. The van der Waals surface area contributed by atoms with Gasteiger partial charge in [0.05, 0.1) is 18.1 Å². The van der Waals surface area contributed by atoms with Gasteiger partial charge in [-0.1, -0.05) is 0 Å². The lowest BCUT2D eigenvalue weighted by Gasteiger charge is -2.34. The van der Waals surface area contributed by atoms with Gasteiger partial charge in [0.25, 0.3) is 5.91 Å². The van der Waals surface area contributed by atoms with Crippen molar-refractivity contribution < 1.29 is 4.79 Å². The van der Waals surface area contributed by atoms with Gasteiger partial charge in [0.2, 0.25) is 0 Å². The number of nitrogens with two attached hydrogens (primary N) is 1. The van der Waals surface area contributed by atoms with Gasteiger partial charge in [0.15, 0.2) is 17.2 Å². The molecule has 0 spiro atoms. The summed E-state index contributed by atoms with van der Waals surface area (Å²) in [4.78, 5) is 22.7. The third-order valence-electron chi connectivity index (χ3n) is 4.95. The number of nitrogens with zero attached hydrogens (tertiary/aromatic N) is 6. The fourth-order valence-corrected chi connectivity index (χ4v) is 3.37. The first-order chi connectivity index (χ1) is 13.6. The van der Waals surface area contributed by atoms with Crippen LogP contribution in [0, 0.1) is 11.3 Å². The van der Waals surface area contributed by atoms with E-state index in [0.29, 0.717) is 23.0 Å². The SMILES string of the molecule is N#Cc1cnc(Nc2cc(NC3CC(N)C3)c(C(=O)N3CCCC3)nn2)cn1. The molecule has 2 aromatic heterocycles. The number of carbonyl (C=O) groups excluding carboxylic acids is 1. The van der Waals surface area contributed by atoms with E-state index in [0.717, 1.165) is 38.8 Å². The van der Waals surface area contributed by atoms with Gasteiger partial charge in [-0.3, -0.25) is 4.79 Å². The summed E-state index contributed by atoms with van der Waals surface area (Å²) in [7, 11) is 0. The van der Waals surface area contributed by atoms with E-state index in [1.807, 2.05) is 6.07 Å². The van der Waals surface area contributed by atoms with Gasteiger partial charge in [-0.2, -0.15) is 5.26 Å². The number of carbonyl (C=O) groups is 1. The predicted molar refractivity (Wildman–Crippen MR) is 102 cm³/mol. The Labute approximate surface area is 162 Å². The molecular formula is C18H21N9O. The van der Waals surface area contributed by atoms with E-state index in [1.165, 1.54) is 12.4 Å². The van der Waals surface area contributed by atoms with Gasteiger partial charge in [-0.15, -0.1) is 10.2 Å². The number of aromatic nitrogens is 4. The smallest absolute Gasteiger partial charge is 0.276 e. The lowest BCUT2D eigenvalue weighted by molar-refractivity contribution is 0.0787. The normalized spacial score (nSPS) is 20.9. The first-order valence-corrected chi connectivity index (χ1v) is 9.30. The largest absolute Gasteiger partial charge is 0.380 e. The second-order valence-electron chi connectivity index (χ2n) is 7.09. The lowest BCUT2D eigenvalue weighted by atomic mass is 9.87. The van der Waals surface area contributed by atoms with E-state index in [4.69, 9.17) is 11.0 Å². The zero-order valence-electron chi connectivity index (χ0n) is 15.3. The molecule has 0 radical (unpaired) electrons. The number of anilines is 3. The molecule has 1 aliphatic carbocycles. The second-order valence-corrected chi connectivity index (χ2v) is 7.09. The van der Waals surface area contributed by atoms with Gasteiger partial charge in [0.1, 0.15) is 11.9 Å². The molecule has 1 amide bonds. The average Bonchev–Trinajstić information content (AvgIpc) is 3.22. The number of nitrogens with one attached hydrogen (secondary N) is 2. The Kier molecular flexibility index (Phi) is 4.99. The highest BCUT2D eigenvalue weighted by atomic mass is 16.2. The summed E-state index contributed by atoms with van der Waals surface area (Å²) in [5.74, 6) is 0.757. The molecule has 4 N–H and O–H groups in total. The van der Waals surface area contributed by atoms with Crippen LogP contribution < -0.4 is 16.4 Å². The Morgan fingerprint density at radius 3 is 2.61 bits per heavy atom. The molecule has 0 aromatic carbocycles. The van der Waals surface area contributed by atoms with Crippen molar-refractivity contribution in [2.45, 2.75) is 37.8 Å². The van der Waals surface area contributed by atoms with E-state index in [1.54, 1.807) is 11.0 Å². The summed E-state index contributed by atoms with van der Waals surface area (Å²) in [6, 6.07) is 4.08. The zero-order valence-corrected chi connectivity index (χ0v) is 15.3. The van der Waals surface area contributed by atoms with Crippen molar-refractivity contribution in [3.8, 4) is 6.07 Å². The van der Waals surface area contributed by atoms with Crippen LogP contribution in [0.4, 0.5) is 17.3 Å². The summed E-state index contributed by atoms with van der Waals surface area (Å²) in [5.41, 5.74) is 7.06. The summed E-state index contributed by atoms with van der Waals surface area (Å²) < 4.78 is 0. The van der Waals surface area contributed by atoms with Gasteiger partial charge in [-0.25, -0.2) is 9.97 Å². The molecule has 1 saturated carbocycles. The minimum atomic E-state index is -0.110. The van der Waals surface area contributed by atoms with Crippen LogP contribution in [0.2, 0.25) is 0 Å². The molecule has 1 saturated heterocycles. The van der Waals surface area contributed by atoms with Crippen LogP contribution in [0.25, 0.3) is 0 Å². The summed E-state index contributed by atoms with van der Waals surface area (Å²) in [6.45, 7) is 1.49. The van der Waals surface area contributed by atoms with E-state index >= 15 is 0 Å². The van der Waals surface area contributed by atoms with Crippen molar-refractivity contribution in [2.24, 2.45) is 5.73 Å². The van der Waals surface area contributed by atoms with Crippen molar-refractivity contribution in [1.82, 2.24) is 25.1 Å². The van der Waals surface area contributed by atoms with E-state index < -0.39 is 0 Å². The first-order valence-electron chi connectivity index (χ1n) is 9.30. The molecule has 2 aromatic rings. The topological polar surface area (TPSA) is 146 Å². The Balaban J connectivity index is 1.57. The molecule has 10 heteroatoms. The van der Waals surface area contributed by atoms with E-state index in [2.05, 4.69) is 30.8 Å². The molecule has 2 fully saturated rings. The Morgan fingerprint density at radius 1 is 1.18 bits per heavy atom. The molecule has 3 heterocycles. The second kappa shape index (κ2) is 7.74. The molecule has 2 aliphatic rings. The fourth-order valence-electron chi connectivity index (χ4n) is 3.37. The highest BCUT2D eigenvalue weighted by Gasteiger charge is 2.29. The summed E-state index contributed by atoms with van der Waals surface area (Å²) in [6.07, 6.45) is 6.54. The van der Waals surface area contributed by atoms with Crippen molar-refractivity contribution in [2.75, 3.05) is 23.7 Å². The number of hydrogen-bond acceptors (Lipinski definition) is 9. The van der Waals surface area contributed by atoms with Crippen molar-refractivity contribution in [3.63, 3.8) is 0 Å². The minimum absolute atomic E-state index is 0.110. The van der Waals surface area contributed by atoms with Crippen LogP contribution in [-0.2, 0) is 0 Å². The summed E-state index contributed by atoms with van der Waals surface area (Å²) in [5, 5.41) is 23.5. The molecule has 4 rings (SSSR count). The standard InChI is InChI=1S/C18H21N9O/c19-8-13-9-22-16(10-21-13)24-15-7-14(23-12-5-11(20)6-12)17(26-25-15)18(28)27-3-1-2-4-27/h7,9-12H,1-6,20H2,(H2,22,23,24,25). The molecule has 1 aliphatic heterocycles. The maximum absolute atomic E-state index is 12.8. The number of likely N-dealkylation sites (tertiary alicyclic amines) is 1. The van der Waals surface area contributed by atoms with Gasteiger partial charge in [0, 0.05) is 31.2 Å². The molecule has 0 atom stereocenters. The first kappa shape index (κ1) is 18.1. The number of amides is 1. The quantitative estimate of drug-likeness (QED) is 0.693. The van der Waals surface area contributed by atoms with Crippen molar-refractivity contribution in [1.29, 1.82) is 5.26 Å². The average molecular weight is 379 g/mol. The van der Waals surface area contributed by atoms with Crippen LogP contribution >= 0.6 is 0 Å². The molecule has 0 unspecified atom stereocenters. The number of nitriles is 1. The molecular weight excluding hydrogens is 358 g/mol.